The fourth-order valence-corrected chi connectivity index (χ4v) is 5.45. The molecule has 1 atom stereocenters. The van der Waals surface area contributed by atoms with Crippen molar-refractivity contribution in [2.75, 3.05) is 11.9 Å². The zero-order valence-electron chi connectivity index (χ0n) is 20.6. The van der Waals surface area contributed by atoms with Gasteiger partial charge in [-0.3, -0.25) is 9.59 Å². The number of rotatable bonds is 7. The second kappa shape index (κ2) is 10.2. The molecule has 5 rings (SSSR count). The predicted molar refractivity (Wildman–Crippen MR) is 136 cm³/mol. The normalized spacial score (nSPS) is 18.3. The van der Waals surface area contributed by atoms with E-state index in [0.29, 0.717) is 35.7 Å². The first kappa shape index (κ1) is 23.5. The first-order valence-electron chi connectivity index (χ1n) is 12.7. The zero-order chi connectivity index (χ0) is 24.4. The Morgan fingerprint density at radius 1 is 1.11 bits per heavy atom. The number of hydrogen-bond acceptors (Lipinski definition) is 4. The van der Waals surface area contributed by atoms with Gasteiger partial charge in [0.1, 0.15) is 11.9 Å². The maximum atomic E-state index is 13.4. The van der Waals surface area contributed by atoms with Gasteiger partial charge in [-0.2, -0.15) is 0 Å². The minimum absolute atomic E-state index is 0.00204. The van der Waals surface area contributed by atoms with E-state index in [4.69, 9.17) is 9.72 Å². The molecule has 1 aromatic heterocycles. The number of aromatic nitrogens is 2. The van der Waals surface area contributed by atoms with Gasteiger partial charge in [-0.25, -0.2) is 4.98 Å². The Kier molecular flexibility index (Phi) is 6.86. The molecule has 7 heteroatoms. The van der Waals surface area contributed by atoms with Gasteiger partial charge in [-0.1, -0.05) is 37.1 Å². The van der Waals surface area contributed by atoms with Gasteiger partial charge in [0.25, 0.3) is 5.91 Å². The number of anilines is 1. The van der Waals surface area contributed by atoms with Crippen LogP contribution in [0.5, 0.6) is 0 Å². The van der Waals surface area contributed by atoms with E-state index in [1.54, 1.807) is 6.07 Å². The van der Waals surface area contributed by atoms with Gasteiger partial charge in [-0.05, 0) is 61.8 Å². The van der Waals surface area contributed by atoms with Gasteiger partial charge in [-0.15, -0.1) is 0 Å². The molecule has 1 saturated carbocycles. The smallest absolute Gasteiger partial charge is 0.253 e. The summed E-state index contributed by atoms with van der Waals surface area (Å²) in [5, 5.41) is 6.11. The highest BCUT2D eigenvalue weighted by Gasteiger charge is 2.26. The Morgan fingerprint density at radius 2 is 1.91 bits per heavy atom. The van der Waals surface area contributed by atoms with Crippen LogP contribution in [0.15, 0.2) is 36.4 Å². The van der Waals surface area contributed by atoms with Gasteiger partial charge in [0.05, 0.1) is 16.6 Å². The standard InChI is InChI=1S/C28H34N4O3/c1-18-8-3-6-11-20(18)17-29-28(34)22-15-21(30-25(33)14-19-9-4-5-10-19)16-23-26(22)32(2)27(31-23)24-12-7-13-35-24/h3,6,8,11,15-16,19,24H,4-5,7,9-10,12-14,17H2,1-2H3,(H,29,34)(H,30,33). The Morgan fingerprint density at radius 3 is 2.66 bits per heavy atom. The molecule has 7 nitrogen and oxygen atoms in total. The molecule has 2 amide bonds. The highest BCUT2D eigenvalue weighted by atomic mass is 16.5. The van der Waals surface area contributed by atoms with Crippen molar-refractivity contribution in [3.8, 4) is 0 Å². The summed E-state index contributed by atoms with van der Waals surface area (Å²) in [5.41, 5.74) is 4.77. The van der Waals surface area contributed by atoms with Crippen molar-refractivity contribution >= 4 is 28.5 Å². The molecular formula is C28H34N4O3. The molecule has 35 heavy (non-hydrogen) atoms. The Hall–Kier alpha value is -3.19. The van der Waals surface area contributed by atoms with E-state index in [1.165, 1.54) is 12.8 Å². The molecule has 184 valence electrons. The summed E-state index contributed by atoms with van der Waals surface area (Å²) in [5.74, 6) is 1.08. The maximum absolute atomic E-state index is 13.4. The van der Waals surface area contributed by atoms with Crippen LogP contribution in [0, 0.1) is 12.8 Å². The first-order chi connectivity index (χ1) is 17.0. The minimum Gasteiger partial charge on any atom is -0.370 e. The molecular weight excluding hydrogens is 440 g/mol. The molecule has 2 aromatic carbocycles. The van der Waals surface area contributed by atoms with E-state index in [9.17, 15) is 9.59 Å². The number of hydrogen-bond donors (Lipinski definition) is 2. The first-order valence-corrected chi connectivity index (χ1v) is 12.7. The number of ether oxygens (including phenoxy) is 1. The number of nitrogens with zero attached hydrogens (tertiary/aromatic N) is 2. The van der Waals surface area contributed by atoms with E-state index in [2.05, 4.69) is 10.6 Å². The summed E-state index contributed by atoms with van der Waals surface area (Å²) < 4.78 is 7.85. The number of fused-ring (bicyclic) bond motifs is 1. The molecule has 3 aromatic rings. The van der Waals surface area contributed by atoms with Crippen molar-refractivity contribution in [3.63, 3.8) is 0 Å². The summed E-state index contributed by atoms with van der Waals surface area (Å²) >= 11 is 0. The van der Waals surface area contributed by atoms with E-state index >= 15 is 0 Å². The Balaban J connectivity index is 1.45. The van der Waals surface area contributed by atoms with Crippen molar-refractivity contribution in [1.29, 1.82) is 0 Å². The van der Waals surface area contributed by atoms with Crippen LogP contribution in [-0.4, -0.2) is 28.0 Å². The third-order valence-electron chi connectivity index (χ3n) is 7.40. The average Bonchev–Trinajstić information content (AvgIpc) is 3.60. The lowest BCUT2D eigenvalue weighted by Crippen LogP contribution is -2.24. The van der Waals surface area contributed by atoms with Crippen LogP contribution in [0.2, 0.25) is 0 Å². The highest BCUT2D eigenvalue weighted by molar-refractivity contribution is 6.07. The van der Waals surface area contributed by atoms with E-state index in [1.807, 2.05) is 48.9 Å². The summed E-state index contributed by atoms with van der Waals surface area (Å²) in [6.45, 7) is 3.19. The molecule has 1 unspecified atom stereocenters. The number of carbonyl (C=O) groups is 2. The van der Waals surface area contributed by atoms with Crippen molar-refractivity contribution in [1.82, 2.24) is 14.9 Å². The Bertz CT molecular complexity index is 1240. The van der Waals surface area contributed by atoms with E-state index < -0.39 is 0 Å². The van der Waals surface area contributed by atoms with Crippen molar-refractivity contribution < 1.29 is 14.3 Å². The number of nitrogens with one attached hydrogen (secondary N) is 2. The van der Waals surface area contributed by atoms with Crippen LogP contribution in [0.1, 0.15) is 78.4 Å². The lowest BCUT2D eigenvalue weighted by molar-refractivity contribution is -0.117. The van der Waals surface area contributed by atoms with Crippen LogP contribution in [-0.2, 0) is 23.1 Å². The second-order valence-corrected chi connectivity index (χ2v) is 9.93. The highest BCUT2D eigenvalue weighted by Crippen LogP contribution is 2.33. The third-order valence-corrected chi connectivity index (χ3v) is 7.40. The summed E-state index contributed by atoms with van der Waals surface area (Å²) in [4.78, 5) is 31.1. The SMILES string of the molecule is Cc1ccccc1CNC(=O)c1cc(NC(=O)CC2CCCC2)cc2nc(C3CCCO3)n(C)c12. The van der Waals surface area contributed by atoms with Crippen molar-refractivity contribution in [3.05, 3.63) is 58.9 Å². The van der Waals surface area contributed by atoms with Gasteiger partial charge in [0, 0.05) is 32.3 Å². The summed E-state index contributed by atoms with van der Waals surface area (Å²) in [6, 6.07) is 11.7. The van der Waals surface area contributed by atoms with Crippen molar-refractivity contribution in [2.24, 2.45) is 13.0 Å². The molecule has 2 aliphatic rings. The monoisotopic (exact) mass is 474 g/mol. The van der Waals surface area contributed by atoms with Crippen LogP contribution in [0.4, 0.5) is 5.69 Å². The molecule has 2 N–H and O–H groups in total. The van der Waals surface area contributed by atoms with Crippen molar-refractivity contribution in [2.45, 2.75) is 64.5 Å². The lowest BCUT2D eigenvalue weighted by Gasteiger charge is -2.14. The molecule has 2 heterocycles. The quantitative estimate of drug-likeness (QED) is 0.494. The largest absolute Gasteiger partial charge is 0.370 e. The van der Waals surface area contributed by atoms with E-state index in [-0.39, 0.29) is 17.9 Å². The molecule has 0 spiro atoms. The third kappa shape index (κ3) is 5.10. The second-order valence-electron chi connectivity index (χ2n) is 9.93. The molecule has 1 aliphatic carbocycles. The number of aryl methyl sites for hydroxylation is 2. The fraction of sp³-hybridized carbons (Fsp3) is 0.464. The fourth-order valence-electron chi connectivity index (χ4n) is 5.45. The number of carbonyl (C=O) groups excluding carboxylic acids is 2. The zero-order valence-corrected chi connectivity index (χ0v) is 20.6. The summed E-state index contributed by atoms with van der Waals surface area (Å²) in [6.07, 6.45) is 7.00. The average molecular weight is 475 g/mol. The predicted octanol–water partition coefficient (Wildman–Crippen LogP) is 5.18. The minimum atomic E-state index is -0.188. The topological polar surface area (TPSA) is 85.2 Å². The molecule has 1 saturated heterocycles. The molecule has 0 radical (unpaired) electrons. The van der Waals surface area contributed by atoms with Crippen LogP contribution in [0.25, 0.3) is 11.0 Å². The van der Waals surface area contributed by atoms with Crippen LogP contribution in [0.3, 0.4) is 0 Å². The van der Waals surface area contributed by atoms with Gasteiger partial charge >= 0.3 is 0 Å². The number of amides is 2. The van der Waals surface area contributed by atoms with Gasteiger partial charge in [0.15, 0.2) is 0 Å². The van der Waals surface area contributed by atoms with Gasteiger partial charge < -0.3 is 19.9 Å². The molecule has 2 fully saturated rings. The Labute approximate surface area is 206 Å². The lowest BCUT2D eigenvalue weighted by atomic mass is 10.0. The van der Waals surface area contributed by atoms with E-state index in [0.717, 1.165) is 54.8 Å². The number of imidazole rings is 1. The van der Waals surface area contributed by atoms with Gasteiger partial charge in [0.2, 0.25) is 5.91 Å². The molecule has 1 aliphatic heterocycles. The molecule has 0 bridgehead atoms. The number of benzene rings is 2. The van der Waals surface area contributed by atoms with Crippen LogP contribution >= 0.6 is 0 Å². The summed E-state index contributed by atoms with van der Waals surface area (Å²) in [7, 11) is 1.93. The maximum Gasteiger partial charge on any atom is 0.253 e. The van der Waals surface area contributed by atoms with Crippen LogP contribution < -0.4 is 10.6 Å².